The molecule has 2 rings (SSSR count). The molecule has 0 N–H and O–H groups in total. The van der Waals surface area contributed by atoms with Gasteiger partial charge in [-0.3, -0.25) is 0 Å². The molecule has 0 aromatic heterocycles. The fourth-order valence-corrected chi connectivity index (χ4v) is 1.71. The van der Waals surface area contributed by atoms with E-state index in [0.717, 1.165) is 0 Å². The Labute approximate surface area is 152 Å². The minimum absolute atomic E-state index is 1.23. The second-order valence-corrected chi connectivity index (χ2v) is 4.20. The molecule has 20 heavy (non-hydrogen) atoms. The Balaban J connectivity index is 0. The van der Waals surface area contributed by atoms with Crippen molar-refractivity contribution in [3.8, 4) is 0 Å². The van der Waals surface area contributed by atoms with E-state index in [4.69, 9.17) is 0 Å². The van der Waals surface area contributed by atoms with E-state index in [9.17, 15) is 0 Å². The second kappa shape index (κ2) is 25.6. The minimum atomic E-state index is 1.23. The molecule has 0 amide bonds. The van der Waals surface area contributed by atoms with Gasteiger partial charge in [-0.1, -0.05) is 0 Å². The first-order valence-corrected chi connectivity index (χ1v) is 9.42. The molecule has 0 saturated heterocycles. The van der Waals surface area contributed by atoms with Crippen molar-refractivity contribution in [3.05, 3.63) is 51.4 Å². The van der Waals surface area contributed by atoms with Crippen molar-refractivity contribution < 1.29 is 30.2 Å². The molecule has 2 fully saturated rings. The van der Waals surface area contributed by atoms with E-state index < -0.39 is 0 Å². The molecule has 0 aromatic rings. The van der Waals surface area contributed by atoms with Gasteiger partial charge in [0.25, 0.3) is 0 Å². The SMILES string of the molecule is [CH]1[CH]CC[CH][CH]CC1.[CH]1[CH]CC[CH][CH]CC1.[Cl][Cu].[Cl][Cu]. The first-order valence-electron chi connectivity index (χ1n) is 6.83. The summed E-state index contributed by atoms with van der Waals surface area (Å²) in [6, 6.07) is 0. The van der Waals surface area contributed by atoms with Crippen LogP contribution in [-0.2, 0) is 30.2 Å². The third-order valence-corrected chi connectivity index (χ3v) is 2.67. The van der Waals surface area contributed by atoms with Crippen molar-refractivity contribution in [3.63, 3.8) is 0 Å². The van der Waals surface area contributed by atoms with E-state index in [2.05, 4.69) is 102 Å². The van der Waals surface area contributed by atoms with Crippen molar-refractivity contribution in [1.82, 2.24) is 0 Å². The van der Waals surface area contributed by atoms with Crippen LogP contribution < -0.4 is 0 Å². The Morgan fingerprint density at radius 3 is 0.550 bits per heavy atom. The van der Waals surface area contributed by atoms with E-state index in [1.807, 2.05) is 0 Å². The van der Waals surface area contributed by atoms with Crippen molar-refractivity contribution in [2.75, 3.05) is 0 Å². The van der Waals surface area contributed by atoms with Gasteiger partial charge in [0.05, 0.1) is 0 Å². The van der Waals surface area contributed by atoms with Gasteiger partial charge in [0, 0.05) is 0 Å². The molecule has 2 saturated carbocycles. The zero-order chi connectivity index (χ0) is 15.3. The average Bonchev–Trinajstić information content (AvgIpc) is 2.42. The number of hydrogen-bond acceptors (Lipinski definition) is 0. The van der Waals surface area contributed by atoms with Gasteiger partial charge in [0.15, 0.2) is 0 Å². The molecule has 0 aliphatic heterocycles. The van der Waals surface area contributed by atoms with Crippen molar-refractivity contribution >= 4 is 20.2 Å². The Bertz CT molecular complexity index is 82.4. The molecule has 0 unspecified atom stereocenters. The van der Waals surface area contributed by atoms with Crippen LogP contribution in [0.4, 0.5) is 0 Å². The zero-order valence-corrected chi connectivity index (χ0v) is 15.0. The quantitative estimate of drug-likeness (QED) is 0.419. The Kier molecular flexibility index (Phi) is 30.5. The van der Waals surface area contributed by atoms with E-state index in [1.54, 1.807) is 0 Å². The summed E-state index contributed by atoms with van der Waals surface area (Å²) in [4.78, 5) is 0. The Morgan fingerprint density at radius 1 is 0.350 bits per heavy atom. The molecule has 2 aliphatic rings. The predicted molar refractivity (Wildman–Crippen MR) is 83.0 cm³/mol. The second-order valence-electron chi connectivity index (χ2n) is 4.20. The van der Waals surface area contributed by atoms with E-state index >= 15 is 0 Å². The number of rotatable bonds is 0. The monoisotopic (exact) mass is 412 g/mol. The molecular formula is C16H24Cl2Cu2. The molecule has 0 atom stereocenters. The van der Waals surface area contributed by atoms with Gasteiger partial charge in [0.1, 0.15) is 0 Å². The van der Waals surface area contributed by atoms with Crippen LogP contribution in [0, 0.1) is 51.4 Å². The Morgan fingerprint density at radius 2 is 0.450 bits per heavy atom. The van der Waals surface area contributed by atoms with Gasteiger partial charge in [-0.25, -0.2) is 0 Å². The standard InChI is InChI=1S/2C8H12.2ClH.2Cu/c2*1-2-4-6-8-7-5-3-1;;;;/h2*1-2,7-8H,3-6H2;2*1H;;/q;;;;2*+1/p-2. The van der Waals surface area contributed by atoms with Crippen LogP contribution in [0.15, 0.2) is 0 Å². The molecule has 0 bridgehead atoms. The van der Waals surface area contributed by atoms with Gasteiger partial charge < -0.3 is 0 Å². The molecule has 0 heterocycles. The topological polar surface area (TPSA) is 0 Å². The van der Waals surface area contributed by atoms with Gasteiger partial charge in [-0.15, -0.1) is 0 Å². The fraction of sp³-hybridized carbons (Fsp3) is 0.500. The van der Waals surface area contributed by atoms with Gasteiger partial charge in [-0.05, 0) is 103 Å². The van der Waals surface area contributed by atoms with Gasteiger partial charge in [-0.2, -0.15) is 0 Å². The number of hydrogen-bond donors (Lipinski definition) is 0. The first-order chi connectivity index (χ1) is 10.0. The van der Waals surface area contributed by atoms with Crippen molar-refractivity contribution in [2.45, 2.75) is 51.4 Å². The molecule has 2 aliphatic carbocycles. The summed E-state index contributed by atoms with van der Waals surface area (Å²) in [6.07, 6.45) is 28.0. The predicted octanol–water partition coefficient (Wildman–Crippen LogP) is 6.13. The van der Waals surface area contributed by atoms with Crippen LogP contribution in [-0.4, -0.2) is 0 Å². The third-order valence-electron chi connectivity index (χ3n) is 2.67. The van der Waals surface area contributed by atoms with Crippen LogP contribution in [0.2, 0.25) is 0 Å². The average molecular weight is 414 g/mol. The van der Waals surface area contributed by atoms with Crippen LogP contribution in [0.1, 0.15) is 51.4 Å². The van der Waals surface area contributed by atoms with Crippen LogP contribution in [0.3, 0.4) is 0 Å². The molecular weight excluding hydrogens is 390 g/mol. The molecule has 8 radical (unpaired) electrons. The summed E-state index contributed by atoms with van der Waals surface area (Å²) in [5, 5.41) is 0. The third kappa shape index (κ3) is 21.9. The van der Waals surface area contributed by atoms with Gasteiger partial charge >= 0.3 is 50.4 Å². The summed E-state index contributed by atoms with van der Waals surface area (Å²) in [5.41, 5.74) is 0. The number of halogens is 2. The van der Waals surface area contributed by atoms with Crippen LogP contribution >= 0.6 is 20.2 Å². The van der Waals surface area contributed by atoms with Crippen LogP contribution in [0.5, 0.6) is 0 Å². The molecule has 0 nitrogen and oxygen atoms in total. The maximum atomic E-state index is 4.20. The molecule has 0 spiro atoms. The first kappa shape index (κ1) is 23.9. The summed E-state index contributed by atoms with van der Waals surface area (Å²) in [6.45, 7) is 0. The van der Waals surface area contributed by atoms with Crippen molar-refractivity contribution in [1.29, 1.82) is 0 Å². The van der Waals surface area contributed by atoms with E-state index in [0.29, 0.717) is 0 Å². The summed E-state index contributed by atoms with van der Waals surface area (Å²) < 4.78 is 0. The normalized spacial score (nSPS) is 19.9. The Hall–Kier alpha value is 1.62. The van der Waals surface area contributed by atoms with Crippen LogP contribution in [0.25, 0.3) is 0 Å². The summed E-state index contributed by atoms with van der Waals surface area (Å²) in [5.74, 6) is 0. The molecule has 0 aromatic carbocycles. The summed E-state index contributed by atoms with van der Waals surface area (Å²) in [7, 11) is 8.40. The maximum absolute atomic E-state index is 4.20. The zero-order valence-electron chi connectivity index (χ0n) is 11.6. The van der Waals surface area contributed by atoms with Crippen molar-refractivity contribution in [2.24, 2.45) is 0 Å². The van der Waals surface area contributed by atoms with Gasteiger partial charge in [0.2, 0.25) is 0 Å². The summed E-state index contributed by atoms with van der Waals surface area (Å²) >= 11 is 7.32. The van der Waals surface area contributed by atoms with E-state index in [1.165, 1.54) is 51.4 Å². The van der Waals surface area contributed by atoms with E-state index in [-0.39, 0.29) is 0 Å². The fourth-order valence-electron chi connectivity index (χ4n) is 1.71. The molecule has 124 valence electrons. The molecule has 4 heteroatoms.